The van der Waals surface area contributed by atoms with E-state index in [1.807, 2.05) is 0 Å². The molecule has 0 amide bonds. The van der Waals surface area contributed by atoms with Gasteiger partial charge in [-0.1, -0.05) is 58.4 Å². The molecule has 1 heterocycles. The Kier molecular flexibility index (Phi) is 4.74. The fraction of sp³-hybridized carbons (Fsp3) is 0.643. The van der Waals surface area contributed by atoms with E-state index in [-0.39, 0.29) is 16.9 Å². The SMILES string of the molecule is CC(C)C1=C(c2c[nH]c3ccccc23)[C@@H]2[C@H](C)CC[C@@]3(C)[C@H](C)CC[C@H](O)[C@@]23CC1. The number of fused-ring (bicyclic) bond motifs is 1. The van der Waals surface area contributed by atoms with Gasteiger partial charge in [0, 0.05) is 28.1 Å². The minimum absolute atomic E-state index is 0.00836. The summed E-state index contributed by atoms with van der Waals surface area (Å²) in [5, 5.41) is 13.1. The van der Waals surface area contributed by atoms with Gasteiger partial charge in [-0.25, -0.2) is 0 Å². The van der Waals surface area contributed by atoms with Gasteiger partial charge in [-0.15, -0.1) is 0 Å². The number of aromatic nitrogens is 1. The van der Waals surface area contributed by atoms with Crippen molar-refractivity contribution in [3.8, 4) is 0 Å². The van der Waals surface area contributed by atoms with Gasteiger partial charge in [0.2, 0.25) is 0 Å². The number of aromatic amines is 1. The average molecular weight is 406 g/mol. The van der Waals surface area contributed by atoms with E-state index in [0.717, 1.165) is 19.3 Å². The molecule has 2 aromatic rings. The number of aliphatic hydroxyl groups excluding tert-OH is 1. The zero-order valence-corrected chi connectivity index (χ0v) is 19.5. The number of para-hydroxylation sites is 1. The molecule has 1 aromatic heterocycles. The van der Waals surface area contributed by atoms with Crippen LogP contribution in [0.3, 0.4) is 0 Å². The molecule has 5 rings (SSSR count). The van der Waals surface area contributed by atoms with E-state index in [0.29, 0.717) is 23.7 Å². The first-order valence-corrected chi connectivity index (χ1v) is 12.3. The van der Waals surface area contributed by atoms with Crippen LogP contribution in [0.25, 0.3) is 16.5 Å². The third kappa shape index (κ3) is 2.52. The summed E-state index contributed by atoms with van der Waals surface area (Å²) >= 11 is 0. The van der Waals surface area contributed by atoms with Crippen molar-refractivity contribution in [2.24, 2.45) is 34.5 Å². The monoisotopic (exact) mass is 405 g/mol. The highest BCUT2D eigenvalue weighted by Gasteiger charge is 2.65. The molecule has 2 N–H and O–H groups in total. The van der Waals surface area contributed by atoms with Crippen LogP contribution in [0.15, 0.2) is 36.0 Å². The summed E-state index contributed by atoms with van der Waals surface area (Å²) in [5.41, 5.74) is 6.08. The number of aliphatic hydroxyl groups is 1. The minimum Gasteiger partial charge on any atom is -0.393 e. The second-order valence-electron chi connectivity index (χ2n) is 11.3. The number of hydrogen-bond acceptors (Lipinski definition) is 1. The van der Waals surface area contributed by atoms with Crippen LogP contribution >= 0.6 is 0 Å². The van der Waals surface area contributed by atoms with Crippen molar-refractivity contribution in [2.45, 2.75) is 79.2 Å². The average Bonchev–Trinajstić information content (AvgIpc) is 3.16. The lowest BCUT2D eigenvalue weighted by atomic mass is 9.37. The van der Waals surface area contributed by atoms with Crippen LogP contribution in [0, 0.1) is 34.5 Å². The van der Waals surface area contributed by atoms with Crippen molar-refractivity contribution < 1.29 is 5.11 Å². The highest BCUT2D eigenvalue weighted by atomic mass is 16.3. The molecule has 2 nitrogen and oxygen atoms in total. The van der Waals surface area contributed by atoms with Crippen LogP contribution in [-0.4, -0.2) is 16.2 Å². The van der Waals surface area contributed by atoms with E-state index >= 15 is 0 Å². The van der Waals surface area contributed by atoms with E-state index in [1.54, 1.807) is 11.1 Å². The maximum atomic E-state index is 11.7. The molecule has 3 aliphatic carbocycles. The van der Waals surface area contributed by atoms with Gasteiger partial charge in [0.15, 0.2) is 0 Å². The second kappa shape index (κ2) is 6.99. The first kappa shape index (κ1) is 20.4. The van der Waals surface area contributed by atoms with Crippen LogP contribution in [0.1, 0.15) is 78.7 Å². The van der Waals surface area contributed by atoms with Crippen molar-refractivity contribution >= 4 is 16.5 Å². The van der Waals surface area contributed by atoms with Gasteiger partial charge < -0.3 is 10.1 Å². The molecule has 2 heteroatoms. The molecule has 162 valence electrons. The summed E-state index contributed by atoms with van der Waals surface area (Å²) in [5.74, 6) is 2.28. The molecule has 0 radical (unpaired) electrons. The molecule has 1 aromatic carbocycles. The molecule has 3 aliphatic rings. The Morgan fingerprint density at radius 1 is 1.07 bits per heavy atom. The van der Waals surface area contributed by atoms with Crippen LogP contribution in [0.5, 0.6) is 0 Å². The number of rotatable bonds is 2. The zero-order valence-electron chi connectivity index (χ0n) is 19.5. The predicted molar refractivity (Wildman–Crippen MR) is 126 cm³/mol. The molecule has 0 saturated heterocycles. The van der Waals surface area contributed by atoms with Crippen molar-refractivity contribution in [1.29, 1.82) is 0 Å². The van der Waals surface area contributed by atoms with Crippen molar-refractivity contribution in [1.82, 2.24) is 4.98 Å². The number of H-pyrrole nitrogens is 1. The van der Waals surface area contributed by atoms with Crippen LogP contribution in [-0.2, 0) is 0 Å². The normalized spacial score (nSPS) is 39.3. The van der Waals surface area contributed by atoms with Gasteiger partial charge in [-0.05, 0) is 79.3 Å². The van der Waals surface area contributed by atoms with Crippen molar-refractivity contribution in [3.63, 3.8) is 0 Å². The lowest BCUT2D eigenvalue weighted by Crippen LogP contribution is -2.63. The summed E-state index contributed by atoms with van der Waals surface area (Å²) in [7, 11) is 0. The fourth-order valence-corrected chi connectivity index (χ4v) is 8.13. The van der Waals surface area contributed by atoms with E-state index in [2.05, 4.69) is 70.1 Å². The minimum atomic E-state index is -0.180. The van der Waals surface area contributed by atoms with Gasteiger partial charge in [-0.3, -0.25) is 0 Å². The van der Waals surface area contributed by atoms with Crippen molar-refractivity contribution in [3.05, 3.63) is 41.6 Å². The largest absolute Gasteiger partial charge is 0.393 e. The molecule has 0 unspecified atom stereocenters. The van der Waals surface area contributed by atoms with Gasteiger partial charge in [-0.2, -0.15) is 0 Å². The van der Waals surface area contributed by atoms with Crippen LogP contribution in [0.4, 0.5) is 0 Å². The van der Waals surface area contributed by atoms with E-state index in [9.17, 15) is 5.11 Å². The Labute approximate surface area is 182 Å². The predicted octanol–water partition coefficient (Wildman–Crippen LogP) is 7.20. The van der Waals surface area contributed by atoms with Gasteiger partial charge >= 0.3 is 0 Å². The number of nitrogens with one attached hydrogen (secondary N) is 1. The highest BCUT2D eigenvalue weighted by molar-refractivity contribution is 5.94. The second-order valence-corrected chi connectivity index (χ2v) is 11.3. The Morgan fingerprint density at radius 2 is 1.83 bits per heavy atom. The number of allylic oxidation sites excluding steroid dienone is 2. The lowest BCUT2D eigenvalue weighted by molar-refractivity contribution is -0.195. The lowest BCUT2D eigenvalue weighted by Gasteiger charge is -2.67. The fourth-order valence-electron chi connectivity index (χ4n) is 8.13. The van der Waals surface area contributed by atoms with E-state index in [1.165, 1.54) is 35.7 Å². The third-order valence-corrected chi connectivity index (χ3v) is 9.90. The first-order chi connectivity index (χ1) is 14.3. The van der Waals surface area contributed by atoms with Gasteiger partial charge in [0.1, 0.15) is 0 Å². The van der Waals surface area contributed by atoms with Crippen molar-refractivity contribution in [2.75, 3.05) is 0 Å². The van der Waals surface area contributed by atoms with E-state index < -0.39 is 0 Å². The highest BCUT2D eigenvalue weighted by Crippen LogP contribution is 2.71. The topological polar surface area (TPSA) is 36.0 Å². The summed E-state index contributed by atoms with van der Waals surface area (Å²) in [6.45, 7) is 12.2. The molecule has 2 saturated carbocycles. The molecule has 0 aliphatic heterocycles. The molecular weight excluding hydrogens is 366 g/mol. The summed E-state index contributed by atoms with van der Waals surface area (Å²) in [6.07, 6.45) is 9.05. The molecule has 6 atom stereocenters. The molecular formula is C28H39NO. The Bertz CT molecular complexity index is 983. The summed E-state index contributed by atoms with van der Waals surface area (Å²) in [6, 6.07) is 8.76. The summed E-state index contributed by atoms with van der Waals surface area (Å²) < 4.78 is 0. The Balaban J connectivity index is 1.79. The van der Waals surface area contributed by atoms with Crippen LogP contribution in [0.2, 0.25) is 0 Å². The Morgan fingerprint density at radius 3 is 2.60 bits per heavy atom. The molecule has 0 bridgehead atoms. The number of benzene rings is 1. The first-order valence-electron chi connectivity index (χ1n) is 12.3. The molecule has 1 spiro atoms. The third-order valence-electron chi connectivity index (χ3n) is 9.90. The molecule has 2 fully saturated rings. The quantitative estimate of drug-likeness (QED) is 0.544. The van der Waals surface area contributed by atoms with Gasteiger partial charge in [0.25, 0.3) is 0 Å². The Hall–Kier alpha value is -1.54. The maximum absolute atomic E-state index is 11.7. The van der Waals surface area contributed by atoms with Crippen LogP contribution < -0.4 is 0 Å². The maximum Gasteiger partial charge on any atom is 0.0607 e. The number of hydrogen-bond donors (Lipinski definition) is 2. The van der Waals surface area contributed by atoms with Gasteiger partial charge in [0.05, 0.1) is 6.10 Å². The smallest absolute Gasteiger partial charge is 0.0607 e. The summed E-state index contributed by atoms with van der Waals surface area (Å²) in [4.78, 5) is 3.56. The molecule has 30 heavy (non-hydrogen) atoms. The standard InChI is InChI=1S/C28H39NO/c1-17(2)20-13-15-28-24(30)11-10-19(4)27(28,5)14-12-18(3)26(28)25(20)22-16-29-23-9-7-6-8-21(22)23/h6-9,16-19,24,26,29-30H,10-15H2,1-5H3/t18-,19-,24+,26+,27+,28+/m1/s1. The zero-order chi connectivity index (χ0) is 21.3. The van der Waals surface area contributed by atoms with E-state index in [4.69, 9.17) is 0 Å².